The zero-order valence-corrected chi connectivity index (χ0v) is 53.2. The molecule has 0 saturated carbocycles. The van der Waals surface area contributed by atoms with E-state index >= 15 is 0 Å². The number of nitrogens with zero attached hydrogens (tertiary/aromatic N) is 6. The summed E-state index contributed by atoms with van der Waals surface area (Å²) in [5.74, 6) is 0.863. The second kappa shape index (κ2) is 57.2. The Morgan fingerprint density at radius 2 is 0.564 bits per heavy atom. The molecule has 0 atom stereocenters. The Bertz CT molecular complexity index is 2060. The van der Waals surface area contributed by atoms with Gasteiger partial charge < -0.3 is 110 Å². The fourth-order valence-electron chi connectivity index (χ4n) is 4.34. The van der Waals surface area contributed by atoms with Crippen LogP contribution in [0.4, 0.5) is 9.59 Å². The fourth-order valence-corrected chi connectivity index (χ4v) is 4.34. The molecule has 28 nitrogen and oxygen atoms in total. The van der Waals surface area contributed by atoms with Crippen LogP contribution in [0.2, 0.25) is 0 Å². The quantitative estimate of drug-likeness (QED) is 0.0443. The number of benzene rings is 4. The molecule has 0 aliphatic carbocycles. The summed E-state index contributed by atoms with van der Waals surface area (Å²) in [7, 11) is 5.85. The van der Waals surface area contributed by atoms with E-state index in [-0.39, 0.29) is 150 Å². The van der Waals surface area contributed by atoms with Crippen LogP contribution < -0.4 is 59.8 Å². The van der Waals surface area contributed by atoms with Gasteiger partial charge in [-0.2, -0.15) is 0 Å². The monoisotopic (exact) mass is 1500 g/mol. The van der Waals surface area contributed by atoms with Gasteiger partial charge in [-0.3, -0.25) is 20.0 Å². The third-order valence-corrected chi connectivity index (χ3v) is 6.99. The number of carbonyl (C=O) groups excluding carboxylic acids is 4. The van der Waals surface area contributed by atoms with E-state index in [2.05, 4.69) is 20.0 Å². The molecule has 0 unspecified atom stereocenters. The predicted octanol–water partition coefficient (Wildman–Crippen LogP) is -0.628. The number of carboxylic acid groups (broad SMARTS) is 4. The van der Waals surface area contributed by atoms with E-state index in [9.17, 15) is 30.0 Å². The maximum Gasteiger partial charge on any atom is 3.00 e. The molecule has 0 saturated heterocycles. The Morgan fingerprint density at radius 1 is 0.423 bits per heavy atom. The summed E-state index contributed by atoms with van der Waals surface area (Å²) < 4.78 is 19.9. The van der Waals surface area contributed by atoms with Crippen LogP contribution in [0.3, 0.4) is 0 Å². The molecule has 422 valence electrons. The van der Waals surface area contributed by atoms with Gasteiger partial charge in [0.15, 0.2) is 0 Å². The van der Waals surface area contributed by atoms with Crippen molar-refractivity contribution in [2.24, 2.45) is 20.0 Å². The van der Waals surface area contributed by atoms with Gasteiger partial charge in [0.1, 0.15) is 34.6 Å². The SMILES string of the molecule is CC(C)=O.CC(C)=O.COc1cccc(C=NCCCN=Cc2cccc(OC)c2[O-])c1[O-].COc1cccc(C=NCCCN=Cc2cccc(OC)c2[O-])c1[O-].O=C([O-])[O-].O=C([O-])[O-].O=[N+]([O-])[O-].O=[N+]([O-])[O-].[Dy+3].[Dy+3].[Zn+2].[Zn+2]. The number of methoxy groups -OCH3 is 4. The van der Waals surface area contributed by atoms with Crippen LogP contribution in [-0.2, 0) is 48.5 Å². The van der Waals surface area contributed by atoms with E-state index in [0.717, 1.165) is 0 Å². The summed E-state index contributed by atoms with van der Waals surface area (Å²) >= 11 is 0. The molecule has 0 amide bonds. The number of aliphatic imine (C=N–C) groups is 4. The first kappa shape index (κ1) is 88.6. The van der Waals surface area contributed by atoms with Crippen molar-refractivity contribution in [3.8, 4) is 46.0 Å². The van der Waals surface area contributed by atoms with E-state index in [1.165, 1.54) is 56.1 Å². The molecule has 0 aliphatic heterocycles. The third-order valence-electron chi connectivity index (χ3n) is 6.99. The van der Waals surface area contributed by atoms with Gasteiger partial charge in [-0.15, -0.1) is 0 Å². The van der Waals surface area contributed by atoms with E-state index in [1.807, 2.05) is 0 Å². The average Bonchev–Trinajstić information content (AvgIpc) is 3.29. The van der Waals surface area contributed by atoms with Crippen LogP contribution in [0.25, 0.3) is 0 Å². The molecule has 78 heavy (non-hydrogen) atoms. The van der Waals surface area contributed by atoms with Gasteiger partial charge in [-0.1, -0.05) is 71.5 Å². The largest absolute Gasteiger partial charge is 3.00 e. The predicted molar refractivity (Wildman–Crippen MR) is 253 cm³/mol. The first-order valence-electron chi connectivity index (χ1n) is 20.4. The second-order valence-corrected chi connectivity index (χ2v) is 13.1. The van der Waals surface area contributed by atoms with Crippen molar-refractivity contribution < 1.29 is 204 Å². The van der Waals surface area contributed by atoms with Crippen LogP contribution in [0.5, 0.6) is 46.0 Å². The molecule has 2 radical (unpaired) electrons. The maximum absolute atomic E-state index is 11.9. The molecule has 32 heteroatoms. The molecular formula is C46H52Dy2N6O22Zn2. The Kier molecular flexibility index (Phi) is 65.0. The minimum Gasteiger partial charge on any atom is -0.870 e. The summed E-state index contributed by atoms with van der Waals surface area (Å²) in [4.78, 5) is 69.0. The zero-order valence-electron chi connectivity index (χ0n) is 43.2. The summed E-state index contributed by atoms with van der Waals surface area (Å²) in [6, 6.07) is 20.3. The van der Waals surface area contributed by atoms with Crippen molar-refractivity contribution in [3.63, 3.8) is 0 Å². The van der Waals surface area contributed by atoms with Gasteiger partial charge in [0, 0.05) is 51.0 Å². The topological polar surface area (TPSA) is 472 Å². The maximum atomic E-state index is 11.9. The number of ether oxygens (including phenoxy) is 4. The van der Waals surface area contributed by atoms with Crippen LogP contribution >= 0.6 is 0 Å². The molecule has 0 aromatic heterocycles. The number of rotatable bonds is 16. The van der Waals surface area contributed by atoms with E-state index < -0.39 is 22.5 Å². The molecule has 4 rings (SSSR count). The third kappa shape index (κ3) is 54.8. The van der Waals surface area contributed by atoms with E-state index in [4.69, 9.17) is 79.6 Å². The van der Waals surface area contributed by atoms with Crippen LogP contribution in [0, 0.1) is 107 Å². The number of hydrogen-bond acceptors (Lipinski definition) is 26. The molecular weight excluding hydrogens is 1440 g/mol. The molecule has 4 aromatic carbocycles. The fraction of sp³-hybridized carbons (Fsp3) is 0.304. The summed E-state index contributed by atoms with van der Waals surface area (Å²) in [6.07, 6.45) is 2.95. The number of carbonyl (C=O) groups is 4. The molecule has 0 bridgehead atoms. The Morgan fingerprint density at radius 3 is 0.692 bits per heavy atom. The van der Waals surface area contributed by atoms with Gasteiger partial charge >= 0.3 is 115 Å². The minimum atomic E-state index is -2.33. The smallest absolute Gasteiger partial charge is 0.870 e. The Hall–Kier alpha value is -5.97. The molecule has 0 fully saturated rings. The van der Waals surface area contributed by atoms with Gasteiger partial charge in [0.2, 0.25) is 0 Å². The van der Waals surface area contributed by atoms with Crippen LogP contribution in [0.15, 0.2) is 92.8 Å². The van der Waals surface area contributed by atoms with Crippen molar-refractivity contribution in [2.75, 3.05) is 54.6 Å². The molecule has 0 heterocycles. The van der Waals surface area contributed by atoms with Crippen molar-refractivity contribution >= 4 is 48.7 Å². The first-order valence-corrected chi connectivity index (χ1v) is 20.4. The molecule has 0 spiro atoms. The molecule has 0 aliphatic rings. The standard InChI is InChI=1S/2C19H22N2O4.2C3H6O.2CH2O3.2Dy.2NO3.2Zn/c2*1-24-16-8-3-6-14(18(16)22)12-20-10-5-11-21-13-15-7-4-9-17(25-2)19(15)23;2*1-3(2)4;2*2-1(3)4;;;2*2-1(3)4;;/h2*3-4,6-9,12-13,22-23H,5,10-11H2,1-2H3;2*1-2H3;2*(H2,2,3,4);;;;;;/q;;;;;;2*+3;2*-1;2*+2/p-8. The van der Waals surface area contributed by atoms with Crippen molar-refractivity contribution in [1.82, 2.24) is 0 Å². The van der Waals surface area contributed by atoms with Crippen LogP contribution in [-0.4, -0.2) is 114 Å². The second-order valence-electron chi connectivity index (χ2n) is 13.1. The number of hydrogen-bond donors (Lipinski definition) is 0. The van der Waals surface area contributed by atoms with Crippen molar-refractivity contribution in [2.45, 2.75) is 40.5 Å². The van der Waals surface area contributed by atoms with Gasteiger partial charge in [0.25, 0.3) is 0 Å². The summed E-state index contributed by atoms with van der Waals surface area (Å²) in [5, 5.41) is 111. The first-order chi connectivity index (χ1) is 34.7. The summed E-state index contributed by atoms with van der Waals surface area (Å²) in [6.45, 7) is 8.26. The molecule has 0 N–H and O–H groups in total. The van der Waals surface area contributed by atoms with Crippen molar-refractivity contribution in [1.29, 1.82) is 0 Å². The Labute approximate surface area is 534 Å². The number of ketones is 2. The van der Waals surface area contributed by atoms with Crippen LogP contribution in [0.1, 0.15) is 62.8 Å². The van der Waals surface area contributed by atoms with Gasteiger partial charge in [-0.05, 0) is 99.4 Å². The van der Waals surface area contributed by atoms with Gasteiger partial charge in [0.05, 0.1) is 38.6 Å². The Balaban J connectivity index is -0.000000143. The number of Topliss-reactive ketones (excluding diaryl/α,β-unsaturated/α-hetero) is 2. The zero-order chi connectivity index (χ0) is 57.6. The van der Waals surface area contributed by atoms with E-state index in [1.54, 1.807) is 97.7 Å². The number of para-hydroxylation sites is 4. The minimum absolute atomic E-state index is 0. The summed E-state index contributed by atoms with van der Waals surface area (Å²) in [5.41, 5.74) is 1.98. The average molecular weight is 1500 g/mol. The molecule has 4 aromatic rings. The van der Waals surface area contributed by atoms with E-state index in [0.29, 0.717) is 84.3 Å². The normalized spacial score (nSPS) is 9.13. The van der Waals surface area contributed by atoms with Crippen molar-refractivity contribution in [3.05, 3.63) is 126 Å². The van der Waals surface area contributed by atoms with Gasteiger partial charge in [-0.25, -0.2) is 0 Å².